The Labute approximate surface area is 182 Å². The summed E-state index contributed by atoms with van der Waals surface area (Å²) in [5.74, 6) is 0.676. The molecular formula is C23H26N4O3S. The van der Waals surface area contributed by atoms with Crippen LogP contribution in [0.3, 0.4) is 0 Å². The van der Waals surface area contributed by atoms with Crippen LogP contribution in [0.5, 0.6) is 0 Å². The SMILES string of the molecule is CCc1ccc(S(=O)(=O)N2[C@@H]3CC[C@H]2Cc2nn(Cc4ccccc4)c(=O)n2C3)cc1. The molecule has 0 saturated carbocycles. The van der Waals surface area contributed by atoms with Gasteiger partial charge in [-0.05, 0) is 42.5 Å². The van der Waals surface area contributed by atoms with Crippen LogP contribution in [0.25, 0.3) is 0 Å². The third-order valence-corrected chi connectivity index (χ3v) is 8.47. The summed E-state index contributed by atoms with van der Waals surface area (Å²) < 4.78 is 31.8. The summed E-state index contributed by atoms with van der Waals surface area (Å²) in [7, 11) is -3.63. The molecule has 2 atom stereocenters. The van der Waals surface area contributed by atoms with Crippen LogP contribution < -0.4 is 5.69 Å². The monoisotopic (exact) mass is 438 g/mol. The van der Waals surface area contributed by atoms with E-state index in [9.17, 15) is 13.2 Å². The van der Waals surface area contributed by atoms with Gasteiger partial charge in [-0.15, -0.1) is 0 Å². The molecule has 1 saturated heterocycles. The predicted molar refractivity (Wildman–Crippen MR) is 117 cm³/mol. The zero-order valence-electron chi connectivity index (χ0n) is 17.5. The third kappa shape index (κ3) is 3.53. The van der Waals surface area contributed by atoms with Gasteiger partial charge in [-0.1, -0.05) is 49.4 Å². The second-order valence-electron chi connectivity index (χ2n) is 8.37. The molecule has 1 aromatic heterocycles. The van der Waals surface area contributed by atoms with E-state index in [1.807, 2.05) is 49.4 Å². The molecule has 2 aliphatic rings. The molecule has 7 nitrogen and oxygen atoms in total. The smallest absolute Gasteiger partial charge is 0.277 e. The predicted octanol–water partition coefficient (Wildman–Crippen LogP) is 2.43. The third-order valence-electron chi connectivity index (χ3n) is 6.45. The fraction of sp³-hybridized carbons (Fsp3) is 0.391. The number of benzene rings is 2. The van der Waals surface area contributed by atoms with Gasteiger partial charge in [0.25, 0.3) is 0 Å². The highest BCUT2D eigenvalue weighted by Gasteiger charge is 2.45. The van der Waals surface area contributed by atoms with Crippen LogP contribution in [0.15, 0.2) is 64.3 Å². The maximum Gasteiger partial charge on any atom is 0.346 e. The van der Waals surface area contributed by atoms with E-state index in [1.54, 1.807) is 21.0 Å². The van der Waals surface area contributed by atoms with E-state index in [4.69, 9.17) is 0 Å². The van der Waals surface area contributed by atoms with Gasteiger partial charge in [0.1, 0.15) is 5.82 Å². The number of sulfonamides is 1. The molecule has 0 N–H and O–H groups in total. The summed E-state index contributed by atoms with van der Waals surface area (Å²) in [6, 6.07) is 16.5. The van der Waals surface area contributed by atoms with Gasteiger partial charge in [0.15, 0.2) is 0 Å². The van der Waals surface area contributed by atoms with Crippen molar-refractivity contribution in [2.45, 2.75) is 62.7 Å². The van der Waals surface area contributed by atoms with Gasteiger partial charge in [-0.3, -0.25) is 4.57 Å². The van der Waals surface area contributed by atoms with Gasteiger partial charge in [0.2, 0.25) is 10.0 Å². The molecular weight excluding hydrogens is 412 g/mol. The molecule has 31 heavy (non-hydrogen) atoms. The topological polar surface area (TPSA) is 77.2 Å². The Morgan fingerprint density at radius 1 is 0.968 bits per heavy atom. The number of aromatic nitrogens is 3. The van der Waals surface area contributed by atoms with E-state index in [1.165, 1.54) is 4.68 Å². The fourth-order valence-electron chi connectivity index (χ4n) is 4.81. The Hall–Kier alpha value is -2.71. The van der Waals surface area contributed by atoms with Gasteiger partial charge in [0.05, 0.1) is 11.4 Å². The second kappa shape index (κ2) is 7.76. The van der Waals surface area contributed by atoms with Crippen molar-refractivity contribution in [3.05, 3.63) is 82.0 Å². The van der Waals surface area contributed by atoms with Crippen molar-refractivity contribution in [1.29, 1.82) is 0 Å². The minimum atomic E-state index is -3.63. The summed E-state index contributed by atoms with van der Waals surface area (Å²) in [6.45, 7) is 2.82. The molecule has 0 unspecified atom stereocenters. The first kappa shape index (κ1) is 20.2. The molecule has 0 radical (unpaired) electrons. The summed E-state index contributed by atoms with van der Waals surface area (Å²) in [4.78, 5) is 13.4. The minimum Gasteiger partial charge on any atom is -0.277 e. The van der Waals surface area contributed by atoms with E-state index >= 15 is 0 Å². The van der Waals surface area contributed by atoms with Crippen molar-refractivity contribution in [2.24, 2.45) is 0 Å². The number of rotatable bonds is 5. The quantitative estimate of drug-likeness (QED) is 0.613. The first-order valence-corrected chi connectivity index (χ1v) is 12.2. The minimum absolute atomic E-state index is 0.170. The average molecular weight is 439 g/mol. The molecule has 1 fully saturated rings. The summed E-state index contributed by atoms with van der Waals surface area (Å²) >= 11 is 0. The molecule has 0 aliphatic carbocycles. The molecule has 5 rings (SSSR count). The molecule has 0 amide bonds. The van der Waals surface area contributed by atoms with Gasteiger partial charge in [-0.2, -0.15) is 9.40 Å². The lowest BCUT2D eigenvalue weighted by molar-refractivity contribution is 0.312. The summed E-state index contributed by atoms with van der Waals surface area (Å²) in [5.41, 5.74) is 1.95. The lowest BCUT2D eigenvalue weighted by Crippen LogP contribution is -2.42. The van der Waals surface area contributed by atoms with E-state index < -0.39 is 10.0 Å². The van der Waals surface area contributed by atoms with Crippen molar-refractivity contribution in [3.63, 3.8) is 0 Å². The highest BCUT2D eigenvalue weighted by atomic mass is 32.2. The second-order valence-corrected chi connectivity index (χ2v) is 10.2. The number of fused-ring (bicyclic) bond motifs is 3. The van der Waals surface area contributed by atoms with Crippen LogP contribution in [0, 0.1) is 0 Å². The van der Waals surface area contributed by atoms with Crippen molar-refractivity contribution >= 4 is 10.0 Å². The summed E-state index contributed by atoms with van der Waals surface area (Å²) in [5, 5.41) is 4.58. The highest BCUT2D eigenvalue weighted by molar-refractivity contribution is 7.89. The van der Waals surface area contributed by atoms with Crippen LogP contribution in [0.2, 0.25) is 0 Å². The maximum atomic E-state index is 13.5. The lowest BCUT2D eigenvalue weighted by atomic mass is 10.1. The van der Waals surface area contributed by atoms with Crippen LogP contribution in [0.1, 0.15) is 36.7 Å². The van der Waals surface area contributed by atoms with Gasteiger partial charge < -0.3 is 0 Å². The first-order chi connectivity index (χ1) is 15.0. The number of nitrogens with zero attached hydrogens (tertiary/aromatic N) is 4. The Kier molecular flexibility index (Phi) is 5.06. The number of aryl methyl sites for hydroxylation is 1. The van der Waals surface area contributed by atoms with E-state index in [-0.39, 0.29) is 17.8 Å². The molecule has 2 aliphatic heterocycles. The van der Waals surface area contributed by atoms with Crippen LogP contribution in [0.4, 0.5) is 0 Å². The van der Waals surface area contributed by atoms with Crippen LogP contribution in [-0.4, -0.2) is 39.2 Å². The van der Waals surface area contributed by atoms with E-state index in [0.29, 0.717) is 30.2 Å². The van der Waals surface area contributed by atoms with E-state index in [0.717, 1.165) is 30.4 Å². The van der Waals surface area contributed by atoms with Crippen LogP contribution >= 0.6 is 0 Å². The van der Waals surface area contributed by atoms with Gasteiger partial charge in [0, 0.05) is 25.0 Å². The Morgan fingerprint density at radius 3 is 2.39 bits per heavy atom. The lowest BCUT2D eigenvalue weighted by Gasteiger charge is -2.27. The van der Waals surface area contributed by atoms with Crippen molar-refractivity contribution in [3.8, 4) is 0 Å². The molecule has 0 spiro atoms. The molecule has 3 aromatic rings. The van der Waals surface area contributed by atoms with Gasteiger partial charge >= 0.3 is 5.69 Å². The number of hydrogen-bond acceptors (Lipinski definition) is 4. The van der Waals surface area contributed by atoms with Gasteiger partial charge in [-0.25, -0.2) is 17.9 Å². The summed E-state index contributed by atoms with van der Waals surface area (Å²) in [6.07, 6.45) is 2.87. The zero-order chi connectivity index (χ0) is 21.6. The van der Waals surface area contributed by atoms with Crippen molar-refractivity contribution in [2.75, 3.05) is 0 Å². The Morgan fingerprint density at radius 2 is 1.68 bits per heavy atom. The largest absolute Gasteiger partial charge is 0.346 e. The molecule has 2 aromatic carbocycles. The number of hydrogen-bond donors (Lipinski definition) is 0. The Balaban J connectivity index is 1.45. The molecule has 8 heteroatoms. The first-order valence-electron chi connectivity index (χ1n) is 10.8. The molecule has 2 bridgehead atoms. The average Bonchev–Trinajstić information content (AvgIpc) is 3.24. The highest BCUT2D eigenvalue weighted by Crippen LogP contribution is 2.35. The fourth-order valence-corrected chi connectivity index (χ4v) is 6.67. The van der Waals surface area contributed by atoms with E-state index in [2.05, 4.69) is 5.10 Å². The van der Waals surface area contributed by atoms with Crippen molar-refractivity contribution in [1.82, 2.24) is 18.7 Å². The Bertz CT molecular complexity index is 1250. The zero-order valence-corrected chi connectivity index (χ0v) is 18.3. The normalized spacial score (nSPS) is 21.1. The molecule has 162 valence electrons. The molecule has 3 heterocycles. The van der Waals surface area contributed by atoms with Crippen molar-refractivity contribution < 1.29 is 8.42 Å². The maximum absolute atomic E-state index is 13.5. The standard InChI is InChI=1S/C23H26N4O3S/c1-2-17-8-12-21(13-9-17)31(29,30)27-19-10-11-20(27)16-25-22(14-19)24-26(23(25)28)15-18-6-4-3-5-7-18/h3-9,12-13,19-20H,2,10-11,14-16H2,1H3/t19-,20+/m0/s1. The van der Waals surface area contributed by atoms with Crippen LogP contribution in [-0.2, 0) is 36.0 Å².